The first kappa shape index (κ1) is 29.6. The van der Waals surface area contributed by atoms with E-state index >= 15 is 0 Å². The third kappa shape index (κ3) is 7.20. The van der Waals surface area contributed by atoms with Gasteiger partial charge >= 0.3 is 0 Å². The van der Waals surface area contributed by atoms with Crippen LogP contribution in [-0.2, 0) is 11.5 Å². The molecule has 0 aliphatic carbocycles. The van der Waals surface area contributed by atoms with Gasteiger partial charge in [-0.25, -0.2) is 9.97 Å². The molecule has 0 atom stereocenters. The summed E-state index contributed by atoms with van der Waals surface area (Å²) in [4.78, 5) is 21.5. The van der Waals surface area contributed by atoms with Crippen LogP contribution in [0.1, 0.15) is 27.0 Å². The molecule has 4 N–H and O–H groups in total. The number of rotatable bonds is 8. The van der Waals surface area contributed by atoms with Crippen LogP contribution >= 0.6 is 27.5 Å². The van der Waals surface area contributed by atoms with Crippen LogP contribution in [0.15, 0.2) is 59.2 Å². The Labute approximate surface area is 249 Å². The van der Waals surface area contributed by atoms with Crippen molar-refractivity contribution in [3.63, 3.8) is 0 Å². The average molecular weight is 637 g/mol. The van der Waals surface area contributed by atoms with Gasteiger partial charge in [-0.2, -0.15) is 0 Å². The zero-order chi connectivity index (χ0) is 29.0. The summed E-state index contributed by atoms with van der Waals surface area (Å²) in [6.45, 7) is 9.58. The second kappa shape index (κ2) is 12.4. The zero-order valence-electron chi connectivity index (χ0n) is 22.9. The van der Waals surface area contributed by atoms with Crippen molar-refractivity contribution in [1.82, 2.24) is 14.5 Å². The van der Waals surface area contributed by atoms with E-state index < -0.39 is 14.0 Å². The highest BCUT2D eigenvalue weighted by molar-refractivity contribution is 9.10. The molecule has 0 radical (unpaired) electrons. The average Bonchev–Trinajstić information content (AvgIpc) is 3.27. The van der Waals surface area contributed by atoms with Gasteiger partial charge in [0.15, 0.2) is 0 Å². The van der Waals surface area contributed by atoms with E-state index in [9.17, 15) is 4.79 Å². The van der Waals surface area contributed by atoms with E-state index in [0.717, 1.165) is 27.2 Å². The van der Waals surface area contributed by atoms with Crippen molar-refractivity contribution in [2.24, 2.45) is 5.73 Å². The summed E-state index contributed by atoms with van der Waals surface area (Å²) in [5.41, 5.74) is 17.0. The molecule has 0 saturated carbocycles. The number of benzene rings is 2. The number of ether oxygens (including phenoxy) is 1. The summed E-state index contributed by atoms with van der Waals surface area (Å²) < 4.78 is 9.05. The fourth-order valence-corrected chi connectivity index (χ4v) is 5.29. The molecule has 0 fully saturated rings. The van der Waals surface area contributed by atoms with E-state index in [-0.39, 0.29) is 12.7 Å². The third-order valence-corrected chi connectivity index (χ3v) is 8.74. The number of aryl methyl sites for hydroxylation is 1. The maximum atomic E-state index is 12.8. The lowest BCUT2D eigenvalue weighted by molar-refractivity contribution is 0.0893. The number of hydrogen-bond acceptors (Lipinski definition) is 5. The van der Waals surface area contributed by atoms with Crippen molar-refractivity contribution in [2.75, 3.05) is 12.3 Å². The molecule has 7 nitrogen and oxygen atoms in total. The van der Waals surface area contributed by atoms with Crippen molar-refractivity contribution < 1.29 is 9.53 Å². The number of aromatic nitrogens is 3. The Hall–Kier alpha value is -3.42. The van der Waals surface area contributed by atoms with Gasteiger partial charge in [0, 0.05) is 41.5 Å². The Balaban J connectivity index is 1.92. The van der Waals surface area contributed by atoms with Crippen molar-refractivity contribution in [3.8, 4) is 34.5 Å². The van der Waals surface area contributed by atoms with Crippen molar-refractivity contribution in [2.45, 2.75) is 39.3 Å². The van der Waals surface area contributed by atoms with Gasteiger partial charge in [-0.05, 0) is 61.0 Å². The Morgan fingerprint density at radius 2 is 1.85 bits per heavy atom. The quantitative estimate of drug-likeness (QED) is 0.127. The normalized spacial score (nSPS) is 11.2. The maximum Gasteiger partial charge on any atom is 0.250 e. The fraction of sp³-hybridized carbons (Fsp3) is 0.233. The Kier molecular flexibility index (Phi) is 9.16. The van der Waals surface area contributed by atoms with Crippen molar-refractivity contribution in [1.29, 1.82) is 0 Å². The highest BCUT2D eigenvalue weighted by Gasteiger charge is 2.25. The summed E-state index contributed by atoms with van der Waals surface area (Å²) >= 11 is 9.84. The molecule has 4 rings (SSSR count). The van der Waals surface area contributed by atoms with Gasteiger partial charge in [-0.1, -0.05) is 65.1 Å². The molecule has 206 valence electrons. The van der Waals surface area contributed by atoms with E-state index in [1.807, 2.05) is 54.0 Å². The van der Waals surface area contributed by atoms with Crippen LogP contribution in [0.25, 0.3) is 22.6 Å². The van der Waals surface area contributed by atoms with E-state index in [4.69, 9.17) is 27.8 Å². The number of nitrogens with two attached hydrogens (primary N) is 2. The van der Waals surface area contributed by atoms with Gasteiger partial charge in [0.2, 0.25) is 5.95 Å². The number of nitrogens with zero attached hydrogens (tertiary/aromatic N) is 3. The first-order valence-corrected chi connectivity index (χ1v) is 17.6. The second-order valence-electron chi connectivity index (χ2n) is 10.6. The predicted molar refractivity (Wildman–Crippen MR) is 168 cm³/mol. The first-order valence-electron chi connectivity index (χ1n) is 12.7. The summed E-state index contributed by atoms with van der Waals surface area (Å²) in [5, 5.41) is 0.539. The smallest absolute Gasteiger partial charge is 0.250 e. The van der Waals surface area contributed by atoms with Crippen molar-refractivity contribution >= 4 is 47.5 Å². The largest absolute Gasteiger partial charge is 0.368 e. The standard InChI is InChI=1S/C30H31BrClN5O2Si/c1-19-5-12-23(32)15-24(19)28-25(29(33)38)16-26(37(28)18-39-13-14-40(2,3)4)27-21(17-35-30(34)36-27)9-6-20-7-10-22(31)11-8-20/h5,7-8,10-12,15-17H,13-14,18H2,1-4H3,(H2,33,38)(H2,34,35,36). The molecule has 4 aromatic rings. The van der Waals surface area contributed by atoms with Crippen LogP contribution in [0.4, 0.5) is 5.95 Å². The lowest BCUT2D eigenvalue weighted by atomic mass is 10.0. The number of carbonyl (C=O) groups excluding carboxylic acids is 1. The summed E-state index contributed by atoms with van der Waals surface area (Å²) in [6.07, 6.45) is 1.58. The monoisotopic (exact) mass is 635 g/mol. The highest BCUT2D eigenvalue weighted by Crippen LogP contribution is 2.36. The minimum Gasteiger partial charge on any atom is -0.368 e. The summed E-state index contributed by atoms with van der Waals surface area (Å²) in [6, 6.07) is 15.9. The molecule has 0 bridgehead atoms. The van der Waals surface area contributed by atoms with Gasteiger partial charge in [0.05, 0.1) is 22.5 Å². The molecule has 0 saturated heterocycles. The lowest BCUT2D eigenvalue weighted by Crippen LogP contribution is -2.22. The van der Waals surface area contributed by atoms with E-state index in [1.54, 1.807) is 12.3 Å². The SMILES string of the molecule is Cc1ccc(Cl)cc1-c1c(C(N)=O)cc(-c2nc(N)ncc2C#Cc2ccc(Br)cc2)n1COCC[Si](C)(C)C. The molecule has 0 spiro atoms. The van der Waals surface area contributed by atoms with Crippen LogP contribution in [0.3, 0.4) is 0 Å². The number of carbonyl (C=O) groups is 1. The fourth-order valence-electron chi connectivity index (χ4n) is 4.10. The summed E-state index contributed by atoms with van der Waals surface area (Å²) in [5.74, 6) is 5.84. The molecule has 2 aromatic heterocycles. The van der Waals surface area contributed by atoms with Gasteiger partial charge < -0.3 is 20.8 Å². The molecular weight excluding hydrogens is 606 g/mol. The molecule has 10 heteroatoms. The van der Waals surface area contributed by atoms with Crippen LogP contribution in [-0.4, -0.2) is 35.1 Å². The van der Waals surface area contributed by atoms with Gasteiger partial charge in [-0.3, -0.25) is 4.79 Å². The number of halogens is 2. The molecule has 2 aromatic carbocycles. The zero-order valence-corrected chi connectivity index (χ0v) is 26.2. The summed E-state index contributed by atoms with van der Waals surface area (Å²) in [7, 11) is -1.33. The van der Waals surface area contributed by atoms with Crippen molar-refractivity contribution in [3.05, 3.63) is 86.5 Å². The molecule has 2 heterocycles. The number of hydrogen-bond donors (Lipinski definition) is 2. The van der Waals surface area contributed by atoms with E-state index in [2.05, 4.69) is 57.4 Å². The first-order chi connectivity index (χ1) is 18.9. The van der Waals surface area contributed by atoms with Gasteiger partial charge in [-0.15, -0.1) is 0 Å². The molecular formula is C30H31BrClN5O2Si. The topological polar surface area (TPSA) is 109 Å². The van der Waals surface area contributed by atoms with Gasteiger partial charge in [0.25, 0.3) is 5.91 Å². The molecule has 0 aliphatic heterocycles. The van der Waals surface area contributed by atoms with Crippen LogP contribution < -0.4 is 11.5 Å². The Bertz CT molecular complexity index is 1620. The maximum absolute atomic E-state index is 12.8. The van der Waals surface area contributed by atoms with Crippen LogP contribution in [0.2, 0.25) is 30.7 Å². The third-order valence-electron chi connectivity index (χ3n) is 6.27. The molecule has 1 amide bonds. The minimum absolute atomic E-state index is 0.0812. The van der Waals surface area contributed by atoms with E-state index in [1.165, 1.54) is 0 Å². The lowest BCUT2D eigenvalue weighted by Gasteiger charge is -2.19. The highest BCUT2D eigenvalue weighted by atomic mass is 79.9. The van der Waals surface area contributed by atoms with Gasteiger partial charge in [0.1, 0.15) is 12.4 Å². The number of amides is 1. The molecule has 0 unspecified atom stereocenters. The Morgan fingerprint density at radius 1 is 1.12 bits per heavy atom. The number of nitrogen functional groups attached to an aromatic ring is 1. The minimum atomic E-state index is -1.33. The van der Waals surface area contributed by atoms with Crippen LogP contribution in [0.5, 0.6) is 0 Å². The predicted octanol–water partition coefficient (Wildman–Crippen LogP) is 6.73. The molecule has 0 aliphatic rings. The number of anilines is 1. The number of primary amides is 1. The van der Waals surface area contributed by atoms with E-state index in [0.29, 0.717) is 39.8 Å². The Morgan fingerprint density at radius 3 is 2.52 bits per heavy atom. The van der Waals surface area contributed by atoms with Crippen LogP contribution in [0, 0.1) is 18.8 Å². The second-order valence-corrected chi connectivity index (χ2v) is 17.6. The molecule has 40 heavy (non-hydrogen) atoms.